The number of rotatable bonds is 9. The highest BCUT2D eigenvalue weighted by Gasteiger charge is 2.12. The maximum absolute atomic E-state index is 11.8. The van der Waals surface area contributed by atoms with Gasteiger partial charge >= 0.3 is 5.97 Å². The Morgan fingerprint density at radius 2 is 1.85 bits per heavy atom. The Balaban J connectivity index is 2.06. The summed E-state index contributed by atoms with van der Waals surface area (Å²) in [6.45, 7) is 4.18. The van der Waals surface area contributed by atoms with Gasteiger partial charge in [0, 0.05) is 6.08 Å². The highest BCUT2D eigenvalue weighted by molar-refractivity contribution is 5.94. The predicted octanol–water partition coefficient (Wildman–Crippen LogP) is 3.27. The van der Waals surface area contributed by atoms with Crippen molar-refractivity contribution in [1.82, 2.24) is 5.32 Å². The lowest BCUT2D eigenvalue weighted by atomic mass is 10.2. The Kier molecular flexibility index (Phi) is 7.43. The summed E-state index contributed by atoms with van der Waals surface area (Å²) < 4.78 is 11.5. The van der Waals surface area contributed by atoms with E-state index in [0.717, 1.165) is 11.1 Å². The standard InChI is InChI=1S/C21H23NO5/c1-3-26-19-13-16(10-12-20(23)22-15(2)21(24)25)9-11-18(19)27-14-17-7-5-4-6-8-17/h4-13,15H,3,14H2,1-2H3,(H,22,23)(H,24,25)/b12-10+/t15-/m0/s1. The van der Waals surface area contributed by atoms with Crippen molar-refractivity contribution in [3.63, 3.8) is 0 Å². The molecule has 6 nitrogen and oxygen atoms in total. The number of aliphatic carboxylic acids is 1. The molecule has 0 unspecified atom stereocenters. The molecule has 0 saturated heterocycles. The SMILES string of the molecule is CCOc1cc(/C=C/C(=O)N[C@@H](C)C(=O)O)ccc1OCc1ccccc1. The summed E-state index contributed by atoms with van der Waals surface area (Å²) in [4.78, 5) is 22.5. The number of nitrogens with one attached hydrogen (secondary N) is 1. The molecule has 6 heteroatoms. The van der Waals surface area contributed by atoms with Gasteiger partial charge < -0.3 is 19.9 Å². The smallest absolute Gasteiger partial charge is 0.325 e. The minimum absolute atomic E-state index is 0.422. The molecule has 0 saturated carbocycles. The number of carboxylic acids is 1. The molecule has 0 fully saturated rings. The van der Waals surface area contributed by atoms with Crippen LogP contribution in [0.3, 0.4) is 0 Å². The van der Waals surface area contributed by atoms with Gasteiger partial charge in [-0.3, -0.25) is 9.59 Å². The molecule has 0 bridgehead atoms. The minimum atomic E-state index is -1.09. The van der Waals surface area contributed by atoms with Crippen molar-refractivity contribution in [2.75, 3.05) is 6.61 Å². The van der Waals surface area contributed by atoms with E-state index in [2.05, 4.69) is 5.32 Å². The molecule has 2 aromatic carbocycles. The van der Waals surface area contributed by atoms with Crippen molar-refractivity contribution >= 4 is 18.0 Å². The maximum Gasteiger partial charge on any atom is 0.325 e. The Bertz CT molecular complexity index is 801. The van der Waals surface area contributed by atoms with E-state index in [1.165, 1.54) is 13.0 Å². The van der Waals surface area contributed by atoms with Gasteiger partial charge in [-0.25, -0.2) is 0 Å². The van der Waals surface area contributed by atoms with Gasteiger partial charge in [-0.1, -0.05) is 36.4 Å². The molecule has 2 rings (SSSR count). The first-order valence-electron chi connectivity index (χ1n) is 8.64. The van der Waals surface area contributed by atoms with Gasteiger partial charge in [0.25, 0.3) is 0 Å². The average Bonchev–Trinajstić information content (AvgIpc) is 2.66. The van der Waals surface area contributed by atoms with E-state index >= 15 is 0 Å². The summed E-state index contributed by atoms with van der Waals surface area (Å²) in [5.74, 6) is -0.376. The number of hydrogen-bond acceptors (Lipinski definition) is 4. The van der Waals surface area contributed by atoms with Gasteiger partial charge in [-0.05, 0) is 43.2 Å². The molecule has 0 spiro atoms. The van der Waals surface area contributed by atoms with E-state index in [-0.39, 0.29) is 0 Å². The summed E-state index contributed by atoms with van der Waals surface area (Å²) in [5, 5.41) is 11.2. The van der Waals surface area contributed by atoms with Crippen molar-refractivity contribution in [3.05, 3.63) is 65.7 Å². The van der Waals surface area contributed by atoms with Crippen LogP contribution in [0.15, 0.2) is 54.6 Å². The van der Waals surface area contributed by atoms with Gasteiger partial charge in [0.05, 0.1) is 6.61 Å². The first-order valence-corrected chi connectivity index (χ1v) is 8.64. The maximum atomic E-state index is 11.8. The van der Waals surface area contributed by atoms with Crippen LogP contribution in [0.2, 0.25) is 0 Å². The normalized spacial score (nSPS) is 11.8. The van der Waals surface area contributed by atoms with Crippen molar-refractivity contribution < 1.29 is 24.2 Å². The van der Waals surface area contributed by atoms with E-state index in [0.29, 0.717) is 24.7 Å². The van der Waals surface area contributed by atoms with Crippen LogP contribution in [0.4, 0.5) is 0 Å². The molecule has 0 aromatic heterocycles. The molecule has 2 N–H and O–H groups in total. The van der Waals surface area contributed by atoms with Crippen molar-refractivity contribution in [3.8, 4) is 11.5 Å². The lowest BCUT2D eigenvalue weighted by Gasteiger charge is -2.13. The van der Waals surface area contributed by atoms with Gasteiger partial charge in [0.15, 0.2) is 11.5 Å². The van der Waals surface area contributed by atoms with Crippen LogP contribution in [-0.2, 0) is 16.2 Å². The molecular weight excluding hydrogens is 346 g/mol. The van der Waals surface area contributed by atoms with Crippen LogP contribution in [-0.4, -0.2) is 29.6 Å². The fourth-order valence-corrected chi connectivity index (χ4v) is 2.25. The van der Waals surface area contributed by atoms with Crippen LogP contribution >= 0.6 is 0 Å². The molecule has 0 radical (unpaired) electrons. The molecule has 142 valence electrons. The first-order chi connectivity index (χ1) is 13.0. The number of carbonyl (C=O) groups is 2. The van der Waals surface area contributed by atoms with Crippen LogP contribution in [0.1, 0.15) is 25.0 Å². The second-order valence-corrected chi connectivity index (χ2v) is 5.82. The lowest BCUT2D eigenvalue weighted by molar-refractivity contribution is -0.140. The van der Waals surface area contributed by atoms with E-state index < -0.39 is 17.9 Å². The van der Waals surface area contributed by atoms with Crippen LogP contribution in [0.5, 0.6) is 11.5 Å². The number of carboxylic acid groups (broad SMARTS) is 1. The molecule has 0 aliphatic heterocycles. The third-order valence-electron chi connectivity index (χ3n) is 3.66. The van der Waals surface area contributed by atoms with Gasteiger partial charge in [-0.2, -0.15) is 0 Å². The zero-order chi connectivity index (χ0) is 19.6. The molecule has 0 aliphatic carbocycles. The third-order valence-corrected chi connectivity index (χ3v) is 3.66. The highest BCUT2D eigenvalue weighted by Crippen LogP contribution is 2.29. The zero-order valence-corrected chi connectivity index (χ0v) is 15.3. The van der Waals surface area contributed by atoms with E-state index in [4.69, 9.17) is 14.6 Å². The molecule has 2 aromatic rings. The number of hydrogen-bond donors (Lipinski definition) is 2. The predicted molar refractivity (Wildman–Crippen MR) is 103 cm³/mol. The van der Waals surface area contributed by atoms with Crippen molar-refractivity contribution in [2.45, 2.75) is 26.5 Å². The topological polar surface area (TPSA) is 84.9 Å². The first kappa shape index (κ1) is 20.0. The Labute approximate surface area is 158 Å². The van der Waals surface area contributed by atoms with E-state index in [1.807, 2.05) is 37.3 Å². The summed E-state index contributed by atoms with van der Waals surface area (Å²) in [6.07, 6.45) is 2.88. The van der Waals surface area contributed by atoms with E-state index in [1.54, 1.807) is 24.3 Å². The van der Waals surface area contributed by atoms with Crippen LogP contribution < -0.4 is 14.8 Å². The average molecular weight is 369 g/mol. The monoisotopic (exact) mass is 369 g/mol. The number of ether oxygens (including phenoxy) is 2. The highest BCUT2D eigenvalue weighted by atomic mass is 16.5. The van der Waals surface area contributed by atoms with Gasteiger partial charge in [-0.15, -0.1) is 0 Å². The van der Waals surface area contributed by atoms with E-state index in [9.17, 15) is 9.59 Å². The fourth-order valence-electron chi connectivity index (χ4n) is 2.25. The summed E-state index contributed by atoms with van der Waals surface area (Å²) in [6, 6.07) is 14.2. The summed E-state index contributed by atoms with van der Waals surface area (Å²) >= 11 is 0. The van der Waals surface area contributed by atoms with Gasteiger partial charge in [0.2, 0.25) is 5.91 Å². The third kappa shape index (κ3) is 6.51. The molecule has 1 atom stereocenters. The van der Waals surface area contributed by atoms with Gasteiger partial charge in [0.1, 0.15) is 12.6 Å². The second kappa shape index (κ2) is 10.0. The molecular formula is C21H23NO5. The molecule has 1 amide bonds. The Morgan fingerprint density at radius 3 is 2.52 bits per heavy atom. The molecule has 27 heavy (non-hydrogen) atoms. The van der Waals surface area contributed by atoms with Crippen molar-refractivity contribution in [1.29, 1.82) is 0 Å². The summed E-state index contributed by atoms with van der Waals surface area (Å²) in [7, 11) is 0. The largest absolute Gasteiger partial charge is 0.490 e. The lowest BCUT2D eigenvalue weighted by Crippen LogP contribution is -2.37. The molecule has 0 heterocycles. The number of amides is 1. The Morgan fingerprint density at radius 1 is 1.11 bits per heavy atom. The quantitative estimate of drug-likeness (QED) is 0.663. The van der Waals surface area contributed by atoms with Crippen molar-refractivity contribution in [2.24, 2.45) is 0 Å². The fraction of sp³-hybridized carbons (Fsp3) is 0.238. The van der Waals surface area contributed by atoms with Crippen LogP contribution in [0.25, 0.3) is 6.08 Å². The number of benzene rings is 2. The Hall–Kier alpha value is -3.28. The second-order valence-electron chi connectivity index (χ2n) is 5.82. The minimum Gasteiger partial charge on any atom is -0.490 e. The number of carbonyl (C=O) groups excluding carboxylic acids is 1. The zero-order valence-electron chi connectivity index (χ0n) is 15.3. The van der Waals surface area contributed by atoms with Crippen LogP contribution in [0, 0.1) is 0 Å². The summed E-state index contributed by atoms with van der Waals surface area (Å²) in [5.41, 5.74) is 1.79. The molecule has 0 aliphatic rings.